The highest BCUT2D eigenvalue weighted by molar-refractivity contribution is 14.1. The van der Waals surface area contributed by atoms with Crippen LogP contribution in [0.2, 0.25) is 10.0 Å². The zero-order valence-corrected chi connectivity index (χ0v) is 23.1. The van der Waals surface area contributed by atoms with Crippen LogP contribution in [-0.4, -0.2) is 12.5 Å². The van der Waals surface area contributed by atoms with Crippen molar-refractivity contribution >= 4 is 63.5 Å². The summed E-state index contributed by atoms with van der Waals surface area (Å²) in [5.74, 6) is 0.590. The first-order chi connectivity index (χ1) is 16.7. The van der Waals surface area contributed by atoms with Gasteiger partial charge in [-0.05, 0) is 102 Å². The normalized spacial score (nSPS) is 11.1. The summed E-state index contributed by atoms with van der Waals surface area (Å²) in [5, 5.41) is 12.9. The lowest BCUT2D eigenvalue weighted by molar-refractivity contribution is -0.112. The minimum absolute atomic E-state index is 0.0712. The van der Waals surface area contributed by atoms with Crippen LogP contribution in [0.25, 0.3) is 6.08 Å². The Labute approximate surface area is 228 Å². The molecule has 1 N–H and O–H groups in total. The molecule has 0 radical (unpaired) electrons. The Morgan fingerprint density at radius 2 is 1.83 bits per heavy atom. The molecule has 180 valence electrons. The number of carbonyl (C=O) groups is 1. The van der Waals surface area contributed by atoms with Gasteiger partial charge in [-0.25, -0.2) is 0 Å². The largest absolute Gasteiger partial charge is 0.490 e. The molecule has 0 unspecified atom stereocenters. The minimum atomic E-state index is -0.561. The number of ether oxygens (including phenoxy) is 2. The molecule has 3 aromatic rings. The lowest BCUT2D eigenvalue weighted by Gasteiger charge is -2.15. The predicted molar refractivity (Wildman–Crippen MR) is 149 cm³/mol. The summed E-state index contributed by atoms with van der Waals surface area (Å²) in [6.45, 7) is 6.85. The highest BCUT2D eigenvalue weighted by Gasteiger charge is 2.15. The van der Waals surface area contributed by atoms with E-state index in [4.69, 9.17) is 32.7 Å². The molecule has 1 amide bonds. The summed E-state index contributed by atoms with van der Waals surface area (Å²) >= 11 is 14.1. The van der Waals surface area contributed by atoms with Crippen molar-refractivity contribution in [1.29, 1.82) is 5.26 Å². The molecular formula is C27H23Cl2IN2O3. The second kappa shape index (κ2) is 12.3. The molecule has 0 saturated heterocycles. The zero-order chi connectivity index (χ0) is 25.5. The van der Waals surface area contributed by atoms with Gasteiger partial charge in [-0.15, -0.1) is 0 Å². The lowest BCUT2D eigenvalue weighted by atomic mass is 10.1. The molecule has 0 heterocycles. The maximum absolute atomic E-state index is 12.7. The molecule has 0 saturated carbocycles. The highest BCUT2D eigenvalue weighted by Crippen LogP contribution is 2.36. The van der Waals surface area contributed by atoms with Crippen molar-refractivity contribution in [3.8, 4) is 17.6 Å². The lowest BCUT2D eigenvalue weighted by Crippen LogP contribution is -2.13. The van der Waals surface area contributed by atoms with Gasteiger partial charge >= 0.3 is 0 Å². The third-order valence-corrected chi connectivity index (χ3v) is 6.68. The molecule has 0 spiro atoms. The van der Waals surface area contributed by atoms with E-state index in [1.807, 2.05) is 25.1 Å². The molecule has 5 nitrogen and oxygen atoms in total. The Bertz CT molecular complexity index is 1330. The van der Waals surface area contributed by atoms with Crippen molar-refractivity contribution < 1.29 is 14.3 Å². The third-order valence-electron chi connectivity index (χ3n) is 5.14. The number of carbonyl (C=O) groups excluding carboxylic acids is 1. The van der Waals surface area contributed by atoms with E-state index in [1.54, 1.807) is 18.2 Å². The van der Waals surface area contributed by atoms with Gasteiger partial charge in [-0.1, -0.05) is 41.4 Å². The first-order valence-corrected chi connectivity index (χ1v) is 12.6. The predicted octanol–water partition coefficient (Wildman–Crippen LogP) is 7.74. The number of anilines is 1. The Morgan fingerprint density at radius 3 is 2.49 bits per heavy atom. The Kier molecular flexibility index (Phi) is 9.44. The fourth-order valence-electron chi connectivity index (χ4n) is 3.21. The molecule has 0 bridgehead atoms. The molecule has 35 heavy (non-hydrogen) atoms. The number of hydrogen-bond acceptors (Lipinski definition) is 4. The van der Waals surface area contributed by atoms with E-state index in [1.165, 1.54) is 23.3 Å². The van der Waals surface area contributed by atoms with Gasteiger partial charge in [0.25, 0.3) is 5.91 Å². The topological polar surface area (TPSA) is 71.3 Å². The summed E-state index contributed by atoms with van der Waals surface area (Å²) < 4.78 is 12.7. The van der Waals surface area contributed by atoms with Gasteiger partial charge in [0.15, 0.2) is 11.5 Å². The van der Waals surface area contributed by atoms with Crippen molar-refractivity contribution in [2.45, 2.75) is 27.4 Å². The second-order valence-corrected chi connectivity index (χ2v) is 9.70. The Morgan fingerprint density at radius 1 is 1.06 bits per heavy atom. The van der Waals surface area contributed by atoms with E-state index in [9.17, 15) is 10.1 Å². The molecule has 0 aliphatic carbocycles. The number of rotatable bonds is 8. The molecule has 0 aliphatic heterocycles. The van der Waals surface area contributed by atoms with E-state index in [-0.39, 0.29) is 5.57 Å². The van der Waals surface area contributed by atoms with Gasteiger partial charge in [0.2, 0.25) is 0 Å². The molecule has 0 aliphatic rings. The molecule has 3 aromatic carbocycles. The average Bonchev–Trinajstić information content (AvgIpc) is 2.81. The van der Waals surface area contributed by atoms with Crippen LogP contribution in [0.3, 0.4) is 0 Å². The van der Waals surface area contributed by atoms with Crippen LogP contribution in [0, 0.1) is 28.7 Å². The van der Waals surface area contributed by atoms with E-state index in [0.717, 1.165) is 9.13 Å². The maximum atomic E-state index is 12.7. The first kappa shape index (κ1) is 26.9. The van der Waals surface area contributed by atoms with E-state index in [2.05, 4.69) is 53.9 Å². The first-order valence-electron chi connectivity index (χ1n) is 10.7. The fraction of sp³-hybridized carbons (Fsp3) is 0.185. The average molecular weight is 621 g/mol. The molecular weight excluding hydrogens is 598 g/mol. The number of nitrogens with one attached hydrogen (secondary N) is 1. The van der Waals surface area contributed by atoms with Crippen molar-refractivity contribution in [3.63, 3.8) is 0 Å². The number of hydrogen-bond donors (Lipinski definition) is 1. The number of nitriles is 1. The van der Waals surface area contributed by atoms with Crippen LogP contribution in [0.4, 0.5) is 5.69 Å². The van der Waals surface area contributed by atoms with Crippen molar-refractivity contribution in [1.82, 2.24) is 0 Å². The van der Waals surface area contributed by atoms with Crippen molar-refractivity contribution in [3.05, 3.63) is 90.0 Å². The number of amides is 1. The van der Waals surface area contributed by atoms with Gasteiger partial charge in [-0.2, -0.15) is 5.26 Å². The van der Waals surface area contributed by atoms with E-state index < -0.39 is 5.91 Å². The van der Waals surface area contributed by atoms with Gasteiger partial charge in [0.1, 0.15) is 18.2 Å². The van der Waals surface area contributed by atoms with Crippen LogP contribution in [-0.2, 0) is 11.4 Å². The Balaban J connectivity index is 1.85. The van der Waals surface area contributed by atoms with Gasteiger partial charge < -0.3 is 14.8 Å². The van der Waals surface area contributed by atoms with Crippen molar-refractivity contribution in [2.75, 3.05) is 11.9 Å². The van der Waals surface area contributed by atoms with Gasteiger partial charge in [-0.3, -0.25) is 4.79 Å². The molecule has 3 rings (SSSR count). The molecule has 0 fully saturated rings. The monoisotopic (exact) mass is 620 g/mol. The van der Waals surface area contributed by atoms with Crippen LogP contribution in [0.5, 0.6) is 11.5 Å². The minimum Gasteiger partial charge on any atom is -0.490 e. The van der Waals surface area contributed by atoms with Crippen LogP contribution in [0.1, 0.15) is 29.2 Å². The van der Waals surface area contributed by atoms with E-state index >= 15 is 0 Å². The quantitative estimate of drug-likeness (QED) is 0.159. The third kappa shape index (κ3) is 7.14. The van der Waals surface area contributed by atoms with Crippen LogP contribution < -0.4 is 14.8 Å². The zero-order valence-electron chi connectivity index (χ0n) is 19.4. The number of halogens is 3. The SMILES string of the molecule is CCOc1cc(/C=C(\C#N)C(=O)Nc2ccc(Cl)c(Cl)c2)cc(I)c1OCc1ccc(C)c(C)c1. The summed E-state index contributed by atoms with van der Waals surface area (Å²) in [5.41, 5.74) is 4.49. The van der Waals surface area contributed by atoms with Crippen LogP contribution in [0.15, 0.2) is 54.1 Å². The molecule has 0 aromatic heterocycles. The Hall–Kier alpha value is -2.73. The van der Waals surface area contributed by atoms with E-state index in [0.29, 0.717) is 46.0 Å². The highest BCUT2D eigenvalue weighted by atomic mass is 127. The summed E-state index contributed by atoms with van der Waals surface area (Å²) in [7, 11) is 0. The maximum Gasteiger partial charge on any atom is 0.266 e. The number of benzene rings is 3. The summed E-state index contributed by atoms with van der Waals surface area (Å²) in [4.78, 5) is 12.7. The fourth-order valence-corrected chi connectivity index (χ4v) is 4.29. The summed E-state index contributed by atoms with van der Waals surface area (Å²) in [6, 6.07) is 16.5. The number of nitrogens with zero attached hydrogens (tertiary/aromatic N) is 1. The van der Waals surface area contributed by atoms with Gasteiger partial charge in [0, 0.05) is 5.69 Å². The van der Waals surface area contributed by atoms with Gasteiger partial charge in [0.05, 0.1) is 20.2 Å². The molecule has 0 atom stereocenters. The van der Waals surface area contributed by atoms with Crippen molar-refractivity contribution in [2.24, 2.45) is 0 Å². The second-order valence-electron chi connectivity index (χ2n) is 7.72. The summed E-state index contributed by atoms with van der Waals surface area (Å²) in [6.07, 6.45) is 1.50. The standard InChI is InChI=1S/C27H23Cl2IN2O3/c1-4-34-25-12-19(10-20(14-31)27(33)32-21-7-8-22(28)23(29)13-21)11-24(30)26(25)35-15-18-6-5-16(2)17(3)9-18/h5-13H,4,15H2,1-3H3,(H,32,33)/b20-10+. The molecule has 8 heteroatoms. The van der Waals surface area contributed by atoms with Crippen LogP contribution >= 0.6 is 45.8 Å². The smallest absolute Gasteiger partial charge is 0.266 e. The number of aryl methyl sites for hydroxylation is 2.